The van der Waals surface area contributed by atoms with E-state index in [2.05, 4.69) is 0 Å². The van der Waals surface area contributed by atoms with Crippen molar-refractivity contribution in [2.75, 3.05) is 4.31 Å². The summed E-state index contributed by atoms with van der Waals surface area (Å²) in [5, 5.41) is 0. The number of rotatable bonds is 3. The van der Waals surface area contributed by atoms with Gasteiger partial charge in [0.15, 0.2) is 0 Å². The fourth-order valence-electron chi connectivity index (χ4n) is 2.80. The third-order valence-electron chi connectivity index (χ3n) is 3.86. The van der Waals surface area contributed by atoms with E-state index < -0.39 is 27.5 Å². The molecular formula is C17H15NO5S. The zero-order valence-electron chi connectivity index (χ0n) is 13.1. The number of para-hydroxylation sites is 1. The van der Waals surface area contributed by atoms with Crippen LogP contribution >= 0.6 is 0 Å². The Kier molecular flexibility index (Phi) is 3.68. The number of fused-ring (bicyclic) bond motifs is 1. The molecule has 0 fully saturated rings. The van der Waals surface area contributed by atoms with Gasteiger partial charge in [0.2, 0.25) is 5.60 Å². The van der Waals surface area contributed by atoms with Crippen LogP contribution in [0.4, 0.5) is 5.69 Å². The number of hydrogen-bond donors (Lipinski definition) is 0. The smallest absolute Gasteiger partial charge is 0.304 e. The molecule has 6 nitrogen and oxygen atoms in total. The van der Waals surface area contributed by atoms with Crippen molar-refractivity contribution in [2.45, 2.75) is 24.3 Å². The van der Waals surface area contributed by atoms with Crippen LogP contribution < -0.4 is 4.31 Å². The minimum Gasteiger partial charge on any atom is -0.444 e. The summed E-state index contributed by atoms with van der Waals surface area (Å²) in [5.74, 6) is -1.48. The van der Waals surface area contributed by atoms with E-state index in [9.17, 15) is 18.0 Å². The highest BCUT2D eigenvalue weighted by Crippen LogP contribution is 2.45. The van der Waals surface area contributed by atoms with E-state index in [0.29, 0.717) is 9.87 Å². The highest BCUT2D eigenvalue weighted by Gasteiger charge is 2.54. The number of benzene rings is 2. The summed E-state index contributed by atoms with van der Waals surface area (Å²) in [4.78, 5) is 24.3. The predicted molar refractivity (Wildman–Crippen MR) is 86.7 cm³/mol. The standard InChI is InChI=1S/C17H15NO5S/c1-12(19)23-17(2)14-10-6-7-11-15(14)18(16(17)20)24(21,22)13-8-4-3-5-9-13/h3-11H,1-2H3/t17-/m1/s1. The van der Waals surface area contributed by atoms with Crippen molar-refractivity contribution in [1.29, 1.82) is 0 Å². The Labute approximate surface area is 139 Å². The van der Waals surface area contributed by atoms with Gasteiger partial charge >= 0.3 is 5.97 Å². The summed E-state index contributed by atoms with van der Waals surface area (Å²) in [7, 11) is -4.12. The largest absolute Gasteiger partial charge is 0.444 e. The van der Waals surface area contributed by atoms with Gasteiger partial charge in [-0.3, -0.25) is 9.59 Å². The van der Waals surface area contributed by atoms with Gasteiger partial charge in [0, 0.05) is 12.5 Å². The number of esters is 1. The van der Waals surface area contributed by atoms with E-state index in [0.717, 1.165) is 0 Å². The number of anilines is 1. The van der Waals surface area contributed by atoms with E-state index in [4.69, 9.17) is 4.74 Å². The molecule has 1 aliphatic rings. The maximum absolute atomic E-state index is 12.9. The number of amides is 1. The number of nitrogens with zero attached hydrogens (tertiary/aromatic N) is 1. The van der Waals surface area contributed by atoms with Crippen LogP contribution in [0.2, 0.25) is 0 Å². The lowest BCUT2D eigenvalue weighted by atomic mass is 9.97. The van der Waals surface area contributed by atoms with Crippen LogP contribution in [0.25, 0.3) is 0 Å². The molecule has 124 valence electrons. The molecule has 1 aliphatic heterocycles. The molecule has 0 radical (unpaired) electrons. The molecule has 0 aliphatic carbocycles. The van der Waals surface area contributed by atoms with E-state index in [-0.39, 0.29) is 10.6 Å². The lowest BCUT2D eigenvalue weighted by molar-refractivity contribution is -0.163. The summed E-state index contributed by atoms with van der Waals surface area (Å²) >= 11 is 0. The van der Waals surface area contributed by atoms with Gasteiger partial charge in [-0.15, -0.1) is 0 Å². The SMILES string of the molecule is CC(=O)O[C@@]1(C)C(=O)N(S(=O)(=O)c2ccccc2)c2ccccc21. The van der Waals surface area contributed by atoms with Crippen LogP contribution in [0.5, 0.6) is 0 Å². The van der Waals surface area contributed by atoms with Crippen LogP contribution in [0.1, 0.15) is 19.4 Å². The van der Waals surface area contributed by atoms with Crippen molar-refractivity contribution < 1.29 is 22.7 Å². The predicted octanol–water partition coefficient (Wildman–Crippen LogP) is 2.20. The number of ether oxygens (including phenoxy) is 1. The second kappa shape index (κ2) is 5.45. The number of hydrogen-bond acceptors (Lipinski definition) is 5. The number of sulfonamides is 1. The molecule has 1 atom stereocenters. The van der Waals surface area contributed by atoms with Crippen molar-refractivity contribution in [1.82, 2.24) is 0 Å². The molecule has 0 saturated carbocycles. The van der Waals surface area contributed by atoms with Crippen LogP contribution in [0.15, 0.2) is 59.5 Å². The monoisotopic (exact) mass is 345 g/mol. The molecule has 0 unspecified atom stereocenters. The van der Waals surface area contributed by atoms with Crippen molar-refractivity contribution in [3.8, 4) is 0 Å². The van der Waals surface area contributed by atoms with Gasteiger partial charge in [0.05, 0.1) is 10.6 Å². The Morgan fingerprint density at radius 1 is 1.04 bits per heavy atom. The van der Waals surface area contributed by atoms with E-state index in [1.807, 2.05) is 0 Å². The van der Waals surface area contributed by atoms with Crippen molar-refractivity contribution in [2.24, 2.45) is 0 Å². The molecule has 0 N–H and O–H groups in total. The number of carbonyl (C=O) groups is 2. The molecule has 0 aromatic heterocycles. The third kappa shape index (κ3) is 2.28. The lowest BCUT2D eigenvalue weighted by Crippen LogP contribution is -2.43. The van der Waals surface area contributed by atoms with Crippen molar-refractivity contribution in [3.05, 3.63) is 60.2 Å². The Bertz CT molecular complexity index is 923. The zero-order chi connectivity index (χ0) is 17.5. The first kappa shape index (κ1) is 16.2. The molecular weight excluding hydrogens is 330 g/mol. The molecule has 7 heteroatoms. The zero-order valence-corrected chi connectivity index (χ0v) is 13.9. The van der Waals surface area contributed by atoms with Crippen LogP contribution in [-0.2, 0) is 30.0 Å². The van der Waals surface area contributed by atoms with Gasteiger partial charge in [0.25, 0.3) is 15.9 Å². The molecule has 3 rings (SSSR count). The highest BCUT2D eigenvalue weighted by molar-refractivity contribution is 7.93. The van der Waals surface area contributed by atoms with E-state index >= 15 is 0 Å². The third-order valence-corrected chi connectivity index (χ3v) is 5.57. The second-order valence-corrected chi connectivity index (χ2v) is 7.32. The first-order valence-corrected chi connectivity index (χ1v) is 8.66. The fourth-order valence-corrected chi connectivity index (χ4v) is 4.32. The normalized spacial score (nSPS) is 19.9. The van der Waals surface area contributed by atoms with Gasteiger partial charge in [-0.1, -0.05) is 36.4 Å². The molecule has 2 aromatic carbocycles. The van der Waals surface area contributed by atoms with Crippen LogP contribution in [0.3, 0.4) is 0 Å². The topological polar surface area (TPSA) is 80.8 Å². The molecule has 24 heavy (non-hydrogen) atoms. The Hall–Kier alpha value is -2.67. The molecule has 0 spiro atoms. The van der Waals surface area contributed by atoms with E-state index in [1.165, 1.54) is 32.0 Å². The quantitative estimate of drug-likeness (QED) is 0.797. The molecule has 1 amide bonds. The summed E-state index contributed by atoms with van der Waals surface area (Å²) in [5.41, 5.74) is -1.15. The maximum Gasteiger partial charge on any atom is 0.304 e. The highest BCUT2D eigenvalue weighted by atomic mass is 32.2. The minimum atomic E-state index is -4.12. The van der Waals surface area contributed by atoms with Crippen molar-refractivity contribution >= 4 is 27.6 Å². The molecule has 0 saturated heterocycles. The van der Waals surface area contributed by atoms with Crippen LogP contribution in [-0.4, -0.2) is 20.3 Å². The maximum atomic E-state index is 12.9. The van der Waals surface area contributed by atoms with Gasteiger partial charge < -0.3 is 4.74 Å². The van der Waals surface area contributed by atoms with Gasteiger partial charge in [0.1, 0.15) is 0 Å². The average Bonchev–Trinajstić information content (AvgIpc) is 2.76. The first-order chi connectivity index (χ1) is 11.3. The van der Waals surface area contributed by atoms with Crippen LogP contribution in [0, 0.1) is 0 Å². The summed E-state index contributed by atoms with van der Waals surface area (Å²) in [6, 6.07) is 14.0. The van der Waals surface area contributed by atoms with Crippen molar-refractivity contribution in [3.63, 3.8) is 0 Å². The second-order valence-electron chi connectivity index (χ2n) is 5.53. The fraction of sp³-hybridized carbons (Fsp3) is 0.176. The average molecular weight is 345 g/mol. The lowest BCUT2D eigenvalue weighted by Gasteiger charge is -2.23. The van der Waals surface area contributed by atoms with Gasteiger partial charge in [-0.25, -0.2) is 8.42 Å². The van der Waals surface area contributed by atoms with Gasteiger partial charge in [-0.2, -0.15) is 4.31 Å². The summed E-state index contributed by atoms with van der Waals surface area (Å²) in [6.45, 7) is 2.57. The molecule has 1 heterocycles. The Morgan fingerprint density at radius 3 is 2.25 bits per heavy atom. The molecule has 2 aromatic rings. The first-order valence-electron chi connectivity index (χ1n) is 7.22. The minimum absolute atomic E-state index is 0.0137. The summed E-state index contributed by atoms with van der Waals surface area (Å²) < 4.78 is 31.8. The van der Waals surface area contributed by atoms with Gasteiger partial charge in [-0.05, 0) is 25.1 Å². The van der Waals surface area contributed by atoms with E-state index in [1.54, 1.807) is 36.4 Å². The summed E-state index contributed by atoms with van der Waals surface area (Å²) in [6.07, 6.45) is 0. The molecule has 0 bridgehead atoms. The Morgan fingerprint density at radius 2 is 1.62 bits per heavy atom. The Balaban J connectivity index is 2.21. The number of carbonyl (C=O) groups excluding carboxylic acids is 2.